The van der Waals surface area contributed by atoms with E-state index in [4.69, 9.17) is 4.43 Å². The van der Waals surface area contributed by atoms with E-state index >= 15 is 0 Å². The fourth-order valence-electron chi connectivity index (χ4n) is 3.87. The molecule has 0 aliphatic carbocycles. The van der Waals surface area contributed by atoms with Gasteiger partial charge in [0.2, 0.25) is 0 Å². The Balaban J connectivity index is 2.09. The van der Waals surface area contributed by atoms with Gasteiger partial charge in [-0.2, -0.15) is 0 Å². The quantitative estimate of drug-likeness (QED) is 0.211. The molecule has 0 saturated heterocycles. The Kier molecular flexibility index (Phi) is 9.17. The van der Waals surface area contributed by atoms with Crippen LogP contribution in [0.5, 0.6) is 0 Å². The molecule has 0 radical (unpaired) electrons. The molecule has 0 aliphatic rings. The molecule has 0 saturated carbocycles. The summed E-state index contributed by atoms with van der Waals surface area (Å²) in [5.41, 5.74) is 3.54. The van der Waals surface area contributed by atoms with Crippen molar-refractivity contribution >= 4 is 19.2 Å². The van der Waals surface area contributed by atoms with Gasteiger partial charge in [-0.25, -0.2) is 0 Å². The third-order valence-electron chi connectivity index (χ3n) is 7.05. The summed E-state index contributed by atoms with van der Waals surface area (Å²) in [5.74, 6) is 0.126. The van der Waals surface area contributed by atoms with E-state index in [1.807, 2.05) is 0 Å². The zero-order chi connectivity index (χ0) is 23.2. The van der Waals surface area contributed by atoms with Gasteiger partial charge in [0.15, 0.2) is 8.32 Å². The van der Waals surface area contributed by atoms with Crippen LogP contribution in [0.1, 0.15) is 65.9 Å². The lowest BCUT2D eigenvalue weighted by atomic mass is 9.94. The molecule has 0 amide bonds. The van der Waals surface area contributed by atoms with Crippen LogP contribution < -0.4 is 0 Å². The van der Waals surface area contributed by atoms with Crippen LogP contribution in [0.25, 0.3) is 10.9 Å². The molecule has 2 atom stereocenters. The number of aromatic nitrogens is 1. The maximum Gasteiger partial charge on any atom is 0.191 e. The van der Waals surface area contributed by atoms with Gasteiger partial charge in [-0.05, 0) is 54.6 Å². The van der Waals surface area contributed by atoms with Crippen LogP contribution in [-0.2, 0) is 17.4 Å². The smallest absolute Gasteiger partial charge is 0.191 e. The monoisotopic (exact) mass is 443 g/mol. The maximum absolute atomic E-state index is 10.8. The van der Waals surface area contributed by atoms with Crippen LogP contribution in [0, 0.1) is 5.92 Å². The highest BCUT2D eigenvalue weighted by Gasteiger charge is 2.36. The van der Waals surface area contributed by atoms with Gasteiger partial charge in [0.05, 0.1) is 6.10 Å². The Bertz CT molecular complexity index is 847. The molecule has 2 rings (SSSR count). The number of aliphatic hydroxyl groups is 1. The van der Waals surface area contributed by atoms with Crippen molar-refractivity contribution in [3.63, 3.8) is 0 Å². The van der Waals surface area contributed by atoms with Crippen LogP contribution in [0.3, 0.4) is 0 Å². The fourth-order valence-corrected chi connectivity index (χ4v) is 4.91. The summed E-state index contributed by atoms with van der Waals surface area (Å²) in [4.78, 5) is 0. The highest BCUT2D eigenvalue weighted by atomic mass is 28.4. The minimum Gasteiger partial charge on any atom is -0.416 e. The molecule has 0 aliphatic heterocycles. The molecule has 0 bridgehead atoms. The first kappa shape index (κ1) is 25.9. The summed E-state index contributed by atoms with van der Waals surface area (Å²) < 4.78 is 8.74. The number of para-hydroxylation sites is 1. The van der Waals surface area contributed by atoms with E-state index in [-0.39, 0.29) is 11.0 Å². The van der Waals surface area contributed by atoms with Crippen LogP contribution in [0.15, 0.2) is 42.6 Å². The minimum absolute atomic E-state index is 0.126. The Morgan fingerprint density at radius 2 is 1.87 bits per heavy atom. The van der Waals surface area contributed by atoms with Crippen molar-refractivity contribution in [1.29, 1.82) is 0 Å². The number of hydrogen-bond donors (Lipinski definition) is 1. The van der Waals surface area contributed by atoms with Crippen molar-refractivity contribution < 1.29 is 9.53 Å². The summed E-state index contributed by atoms with van der Waals surface area (Å²) in [6.45, 7) is 21.5. The molecule has 1 aromatic carbocycles. The van der Waals surface area contributed by atoms with Crippen LogP contribution in [-0.4, -0.2) is 30.7 Å². The van der Waals surface area contributed by atoms with Crippen molar-refractivity contribution in [2.45, 2.75) is 97.5 Å². The van der Waals surface area contributed by atoms with E-state index in [1.165, 1.54) is 29.3 Å². The van der Waals surface area contributed by atoms with Gasteiger partial charge in [0.25, 0.3) is 0 Å². The predicted octanol–water partition coefficient (Wildman–Crippen LogP) is 7.34. The summed E-state index contributed by atoms with van der Waals surface area (Å²) in [6.07, 6.45) is 7.15. The second-order valence-electron chi connectivity index (χ2n) is 10.7. The molecule has 4 heteroatoms. The lowest BCUT2D eigenvalue weighted by Gasteiger charge is -2.36. The number of fused-ring (bicyclic) bond motifs is 1. The standard InChI is InChI=1S/C27H45NO2Si/c1-9-10-11-14-21(2)26(29)22(3)19-28-20-23(24-15-12-13-16-25(24)28)17-18-30-31(7,8)27(4,5)6/h12-13,15-16,20,22,26,29H,2,9-11,14,17-19H2,1,3-8H3/t22-,26-/m1/s1. The lowest BCUT2D eigenvalue weighted by Crippen LogP contribution is -2.41. The highest BCUT2D eigenvalue weighted by Crippen LogP contribution is 2.36. The van der Waals surface area contributed by atoms with E-state index in [1.54, 1.807) is 0 Å². The molecule has 0 spiro atoms. The second kappa shape index (κ2) is 11.0. The molecular weight excluding hydrogens is 398 g/mol. The molecular formula is C27H45NO2Si. The van der Waals surface area contributed by atoms with Crippen molar-refractivity contribution in [2.75, 3.05) is 6.61 Å². The van der Waals surface area contributed by atoms with Crippen molar-refractivity contribution in [3.05, 3.63) is 48.2 Å². The van der Waals surface area contributed by atoms with Gasteiger partial charge >= 0.3 is 0 Å². The van der Waals surface area contributed by atoms with Gasteiger partial charge < -0.3 is 14.1 Å². The normalized spacial score (nSPS) is 14.7. The zero-order valence-corrected chi connectivity index (χ0v) is 22.0. The predicted molar refractivity (Wildman–Crippen MR) is 137 cm³/mol. The van der Waals surface area contributed by atoms with Gasteiger partial charge in [-0.3, -0.25) is 0 Å². The molecule has 0 fully saturated rings. The summed E-state index contributed by atoms with van der Waals surface area (Å²) >= 11 is 0. The van der Waals surface area contributed by atoms with Gasteiger partial charge in [-0.1, -0.05) is 72.2 Å². The first-order chi connectivity index (χ1) is 14.5. The maximum atomic E-state index is 10.8. The number of benzene rings is 1. The highest BCUT2D eigenvalue weighted by molar-refractivity contribution is 6.74. The molecule has 3 nitrogen and oxygen atoms in total. The zero-order valence-electron chi connectivity index (χ0n) is 21.0. The van der Waals surface area contributed by atoms with Crippen LogP contribution in [0.2, 0.25) is 18.1 Å². The van der Waals surface area contributed by atoms with E-state index in [9.17, 15) is 5.11 Å². The van der Waals surface area contributed by atoms with Crippen molar-refractivity contribution in [2.24, 2.45) is 5.92 Å². The van der Waals surface area contributed by atoms with Crippen molar-refractivity contribution in [3.8, 4) is 0 Å². The molecule has 1 N–H and O–H groups in total. The third kappa shape index (κ3) is 6.81. The summed E-state index contributed by atoms with van der Waals surface area (Å²) in [6, 6.07) is 8.60. The van der Waals surface area contributed by atoms with Gasteiger partial charge in [-0.15, -0.1) is 0 Å². The molecule has 1 aromatic heterocycles. The third-order valence-corrected chi connectivity index (χ3v) is 11.6. The number of hydrogen-bond acceptors (Lipinski definition) is 2. The molecule has 2 aromatic rings. The Morgan fingerprint density at radius 1 is 1.19 bits per heavy atom. The van der Waals surface area contributed by atoms with Gasteiger partial charge in [0, 0.05) is 36.2 Å². The molecule has 31 heavy (non-hydrogen) atoms. The average Bonchev–Trinajstić information content (AvgIpc) is 3.04. The molecule has 174 valence electrons. The first-order valence-electron chi connectivity index (χ1n) is 12.0. The Hall–Kier alpha value is -1.36. The van der Waals surface area contributed by atoms with Crippen LogP contribution >= 0.6 is 0 Å². The summed E-state index contributed by atoms with van der Waals surface area (Å²) in [5, 5.41) is 12.3. The van der Waals surface area contributed by atoms with Gasteiger partial charge in [0.1, 0.15) is 0 Å². The molecule has 1 heterocycles. The fraction of sp³-hybridized carbons (Fsp3) is 0.630. The lowest BCUT2D eigenvalue weighted by molar-refractivity contribution is 0.137. The van der Waals surface area contributed by atoms with E-state index < -0.39 is 14.4 Å². The van der Waals surface area contributed by atoms with E-state index in [0.717, 1.165) is 38.0 Å². The average molecular weight is 444 g/mol. The number of nitrogens with zero attached hydrogens (tertiary/aromatic N) is 1. The number of aliphatic hydroxyl groups excluding tert-OH is 1. The second-order valence-corrected chi connectivity index (χ2v) is 15.5. The molecule has 0 unspecified atom stereocenters. The minimum atomic E-state index is -1.74. The Labute approximate surface area is 191 Å². The largest absolute Gasteiger partial charge is 0.416 e. The van der Waals surface area contributed by atoms with Crippen molar-refractivity contribution in [1.82, 2.24) is 4.57 Å². The summed E-state index contributed by atoms with van der Waals surface area (Å²) in [7, 11) is -1.74. The topological polar surface area (TPSA) is 34.4 Å². The Morgan fingerprint density at radius 3 is 2.52 bits per heavy atom. The number of unbranched alkanes of at least 4 members (excludes halogenated alkanes) is 2. The first-order valence-corrected chi connectivity index (χ1v) is 14.9. The number of rotatable bonds is 12. The van der Waals surface area contributed by atoms with Crippen LogP contribution in [0.4, 0.5) is 0 Å². The van der Waals surface area contributed by atoms with E-state index in [0.29, 0.717) is 0 Å². The van der Waals surface area contributed by atoms with E-state index in [2.05, 4.69) is 89.3 Å². The SMILES string of the molecule is C=C(CCCCC)[C@@H](O)[C@H](C)Cn1cc(CCO[Si](C)(C)C(C)(C)C)c2ccccc21.